The van der Waals surface area contributed by atoms with Gasteiger partial charge in [-0.1, -0.05) is 12.1 Å². The highest BCUT2D eigenvalue weighted by molar-refractivity contribution is 5.93. The van der Waals surface area contributed by atoms with Crippen molar-refractivity contribution in [1.82, 2.24) is 4.90 Å². The van der Waals surface area contributed by atoms with Gasteiger partial charge in [-0.25, -0.2) is 9.59 Å². The van der Waals surface area contributed by atoms with Crippen molar-refractivity contribution in [1.29, 1.82) is 0 Å². The summed E-state index contributed by atoms with van der Waals surface area (Å²) < 4.78 is 11.2. The lowest BCUT2D eigenvalue weighted by molar-refractivity contribution is -0.189. The molecular formula is C29H31NO10. The summed E-state index contributed by atoms with van der Waals surface area (Å²) in [5.41, 5.74) is -0.844. The highest BCUT2D eigenvalue weighted by Crippen LogP contribution is 2.37. The second kappa shape index (κ2) is 12.1. The Labute approximate surface area is 230 Å². The quantitative estimate of drug-likeness (QED) is 0.195. The van der Waals surface area contributed by atoms with E-state index in [4.69, 9.17) is 9.47 Å². The average molecular weight is 554 g/mol. The normalized spacial score (nSPS) is 23.0. The Morgan fingerprint density at radius 2 is 1.38 bits per heavy atom. The van der Waals surface area contributed by atoms with Crippen molar-refractivity contribution in [2.45, 2.75) is 49.9 Å². The number of benzene rings is 2. The molecule has 0 aromatic heterocycles. The molecule has 212 valence electrons. The second-order valence-corrected chi connectivity index (χ2v) is 9.86. The molecule has 5 N–H and O–H groups in total. The molecule has 2 fully saturated rings. The van der Waals surface area contributed by atoms with Crippen molar-refractivity contribution in [3.8, 4) is 23.0 Å². The number of phenolic OH excluding ortho intramolecular Hbond substituents is 4. The van der Waals surface area contributed by atoms with Gasteiger partial charge in [0.1, 0.15) is 6.10 Å². The molecule has 0 bridgehead atoms. The molecule has 4 rings (SSSR count). The summed E-state index contributed by atoms with van der Waals surface area (Å²) >= 11 is 0. The molecule has 1 saturated carbocycles. The van der Waals surface area contributed by atoms with Crippen LogP contribution in [0.15, 0.2) is 48.6 Å². The Hall–Kier alpha value is -4.51. The number of esters is 2. The van der Waals surface area contributed by atoms with E-state index in [9.17, 15) is 39.9 Å². The first-order valence-corrected chi connectivity index (χ1v) is 12.9. The summed E-state index contributed by atoms with van der Waals surface area (Å²) in [7, 11) is 0. The number of amides is 1. The second-order valence-electron chi connectivity index (χ2n) is 9.86. The molecule has 1 aliphatic carbocycles. The monoisotopic (exact) mass is 553 g/mol. The Morgan fingerprint density at radius 1 is 0.825 bits per heavy atom. The van der Waals surface area contributed by atoms with E-state index >= 15 is 0 Å². The molecule has 1 saturated heterocycles. The smallest absolute Gasteiger partial charge is 0.331 e. The van der Waals surface area contributed by atoms with Gasteiger partial charge in [0.05, 0.1) is 6.10 Å². The van der Waals surface area contributed by atoms with Gasteiger partial charge in [0, 0.05) is 31.7 Å². The molecule has 2 aromatic rings. The lowest BCUT2D eigenvalue weighted by Gasteiger charge is -2.42. The molecule has 2 aromatic carbocycles. The van der Waals surface area contributed by atoms with Gasteiger partial charge in [0.25, 0.3) is 5.91 Å². The molecule has 1 heterocycles. The van der Waals surface area contributed by atoms with Crippen LogP contribution in [0.2, 0.25) is 0 Å². The SMILES string of the molecule is O=C(/C=C/c1ccc(O)c(O)c1)O[C@@H]1C[C@](OC(=O)/C=C/c2ccc(O)c(O)c2)(C(=O)N2CCCC2)CC[C@H]1O. The highest BCUT2D eigenvalue weighted by atomic mass is 16.6. The fourth-order valence-corrected chi connectivity index (χ4v) is 4.82. The number of aromatic hydroxyl groups is 4. The van der Waals surface area contributed by atoms with Crippen LogP contribution in [0.25, 0.3) is 12.2 Å². The molecule has 0 unspecified atom stereocenters. The standard InChI is InChI=1S/C29H31NO10/c31-20-7-3-18(15-23(20)34)5-9-26(36)39-25-17-29(12-11-22(25)33,28(38)30-13-1-2-14-30)40-27(37)10-6-19-4-8-21(32)24(35)16-19/h3-10,15-16,22,25,31-35H,1-2,11-14,17H2/b9-5+,10-6+/t22-,25-,29+/m1/s1. The van der Waals surface area contributed by atoms with Crippen LogP contribution in [0.4, 0.5) is 0 Å². The van der Waals surface area contributed by atoms with Crippen LogP contribution in [0.1, 0.15) is 43.2 Å². The molecule has 1 aliphatic heterocycles. The van der Waals surface area contributed by atoms with E-state index in [1.165, 1.54) is 48.6 Å². The summed E-state index contributed by atoms with van der Waals surface area (Å²) in [5.74, 6) is -3.42. The summed E-state index contributed by atoms with van der Waals surface area (Å²) in [6.07, 6.45) is 4.07. The number of aliphatic hydroxyl groups is 1. The molecule has 11 nitrogen and oxygen atoms in total. The number of carbonyl (C=O) groups excluding carboxylic acids is 3. The van der Waals surface area contributed by atoms with E-state index in [0.717, 1.165) is 25.0 Å². The first-order chi connectivity index (χ1) is 19.1. The lowest BCUT2D eigenvalue weighted by Crippen LogP contribution is -2.57. The zero-order valence-electron chi connectivity index (χ0n) is 21.6. The van der Waals surface area contributed by atoms with Crippen molar-refractivity contribution in [3.63, 3.8) is 0 Å². The van der Waals surface area contributed by atoms with E-state index in [0.29, 0.717) is 24.2 Å². The lowest BCUT2D eigenvalue weighted by atomic mass is 9.80. The van der Waals surface area contributed by atoms with Crippen LogP contribution in [0.5, 0.6) is 23.0 Å². The molecule has 1 amide bonds. The number of ether oxygens (including phenoxy) is 2. The number of hydrogen-bond donors (Lipinski definition) is 5. The van der Waals surface area contributed by atoms with Crippen molar-refractivity contribution in [2.75, 3.05) is 13.1 Å². The maximum absolute atomic E-state index is 13.6. The van der Waals surface area contributed by atoms with E-state index < -0.39 is 35.7 Å². The van der Waals surface area contributed by atoms with Crippen molar-refractivity contribution >= 4 is 30.0 Å². The van der Waals surface area contributed by atoms with E-state index in [-0.39, 0.29) is 42.3 Å². The van der Waals surface area contributed by atoms with E-state index in [1.807, 2.05) is 0 Å². The van der Waals surface area contributed by atoms with Crippen molar-refractivity contribution in [2.24, 2.45) is 0 Å². The fraction of sp³-hybridized carbons (Fsp3) is 0.345. The predicted octanol–water partition coefficient (Wildman–Crippen LogP) is 2.60. The number of nitrogens with zero attached hydrogens (tertiary/aromatic N) is 1. The van der Waals surface area contributed by atoms with Gasteiger partial charge in [-0.2, -0.15) is 0 Å². The largest absolute Gasteiger partial charge is 0.504 e. The molecular weight excluding hydrogens is 522 g/mol. The third-order valence-corrected chi connectivity index (χ3v) is 6.97. The topological polar surface area (TPSA) is 174 Å². The average Bonchev–Trinajstić information content (AvgIpc) is 3.46. The minimum atomic E-state index is -1.67. The molecule has 0 spiro atoms. The predicted molar refractivity (Wildman–Crippen MR) is 142 cm³/mol. The van der Waals surface area contributed by atoms with Crippen LogP contribution in [-0.2, 0) is 23.9 Å². The summed E-state index contributed by atoms with van der Waals surface area (Å²) in [4.78, 5) is 40.6. The van der Waals surface area contributed by atoms with Crippen LogP contribution in [-0.4, -0.2) is 79.2 Å². The number of rotatable bonds is 7. The molecule has 2 aliphatic rings. The van der Waals surface area contributed by atoms with Gasteiger partial charge in [0.15, 0.2) is 28.6 Å². The molecule has 40 heavy (non-hydrogen) atoms. The maximum Gasteiger partial charge on any atom is 0.331 e. The third kappa shape index (κ3) is 6.73. The Bertz CT molecular complexity index is 1330. The van der Waals surface area contributed by atoms with Crippen LogP contribution in [0, 0.1) is 0 Å². The zero-order valence-corrected chi connectivity index (χ0v) is 21.6. The van der Waals surface area contributed by atoms with Gasteiger partial charge in [-0.05, 0) is 73.2 Å². The number of phenols is 4. The van der Waals surface area contributed by atoms with Crippen molar-refractivity contribution in [3.05, 3.63) is 59.7 Å². The first-order valence-electron chi connectivity index (χ1n) is 12.9. The van der Waals surface area contributed by atoms with Gasteiger partial charge < -0.3 is 39.9 Å². The molecule has 11 heteroatoms. The Kier molecular flexibility index (Phi) is 8.64. The van der Waals surface area contributed by atoms with E-state index in [1.54, 1.807) is 4.90 Å². The minimum Gasteiger partial charge on any atom is -0.504 e. The third-order valence-electron chi connectivity index (χ3n) is 6.97. The maximum atomic E-state index is 13.6. The zero-order chi connectivity index (χ0) is 28.9. The van der Waals surface area contributed by atoms with Gasteiger partial charge in [0.2, 0.25) is 0 Å². The van der Waals surface area contributed by atoms with E-state index in [2.05, 4.69) is 0 Å². The van der Waals surface area contributed by atoms with Gasteiger partial charge in [-0.15, -0.1) is 0 Å². The van der Waals surface area contributed by atoms with Crippen molar-refractivity contribution < 1.29 is 49.4 Å². The Balaban J connectivity index is 1.50. The minimum absolute atomic E-state index is 0.0275. The first kappa shape index (κ1) is 28.5. The van der Waals surface area contributed by atoms with Gasteiger partial charge in [-0.3, -0.25) is 4.79 Å². The summed E-state index contributed by atoms with van der Waals surface area (Å²) in [6, 6.07) is 7.98. The Morgan fingerprint density at radius 3 is 1.93 bits per heavy atom. The fourth-order valence-electron chi connectivity index (χ4n) is 4.82. The number of carbonyl (C=O) groups is 3. The highest BCUT2D eigenvalue weighted by Gasteiger charge is 2.52. The number of likely N-dealkylation sites (tertiary alicyclic amines) is 1. The van der Waals surface area contributed by atoms with Crippen LogP contribution < -0.4 is 0 Å². The number of aliphatic hydroxyl groups excluding tert-OH is 1. The van der Waals surface area contributed by atoms with Crippen LogP contribution >= 0.6 is 0 Å². The van der Waals surface area contributed by atoms with Gasteiger partial charge >= 0.3 is 11.9 Å². The molecule has 0 radical (unpaired) electrons. The summed E-state index contributed by atoms with van der Waals surface area (Å²) in [5, 5.41) is 48.8. The molecule has 3 atom stereocenters. The van der Waals surface area contributed by atoms with Crippen LogP contribution in [0.3, 0.4) is 0 Å². The number of hydrogen-bond acceptors (Lipinski definition) is 10. The summed E-state index contributed by atoms with van der Waals surface area (Å²) in [6.45, 7) is 0.992.